The minimum absolute atomic E-state index is 0.112. The Balaban J connectivity index is 1.95. The van der Waals surface area contributed by atoms with E-state index in [2.05, 4.69) is 11.9 Å². The molecule has 4 nitrogen and oxygen atoms in total. The first kappa shape index (κ1) is 16.7. The zero-order chi connectivity index (χ0) is 19.1. The number of rotatable bonds is 2. The number of H-pyrrole nitrogens is 1. The molecule has 0 aliphatic rings. The number of aryl methyl sites for hydroxylation is 1. The minimum atomic E-state index is -0.112. The van der Waals surface area contributed by atoms with Crippen LogP contribution >= 0.6 is 11.3 Å². The van der Waals surface area contributed by atoms with Crippen molar-refractivity contribution >= 4 is 33.6 Å². The Morgan fingerprint density at radius 3 is 2.39 bits per heavy atom. The van der Waals surface area contributed by atoms with Crippen molar-refractivity contribution in [1.29, 1.82) is 0 Å². The van der Waals surface area contributed by atoms with Crippen molar-refractivity contribution in [2.45, 2.75) is 6.92 Å². The highest BCUT2D eigenvalue weighted by atomic mass is 32.1. The van der Waals surface area contributed by atoms with Gasteiger partial charge < -0.3 is 4.98 Å². The van der Waals surface area contributed by atoms with Gasteiger partial charge in [-0.15, -0.1) is 0 Å². The van der Waals surface area contributed by atoms with Crippen LogP contribution in [0.15, 0.2) is 88.6 Å². The van der Waals surface area contributed by atoms with Gasteiger partial charge in [-0.25, -0.2) is 4.99 Å². The van der Waals surface area contributed by atoms with Gasteiger partial charge in [0, 0.05) is 0 Å². The molecule has 5 aromatic rings. The van der Waals surface area contributed by atoms with Gasteiger partial charge in [-0.05, 0) is 36.8 Å². The van der Waals surface area contributed by atoms with Crippen LogP contribution in [0.1, 0.15) is 5.56 Å². The number of thiazole rings is 1. The summed E-state index contributed by atoms with van der Waals surface area (Å²) < 4.78 is 1.97. The molecule has 0 radical (unpaired) electrons. The lowest BCUT2D eigenvalue weighted by atomic mass is 10.2. The van der Waals surface area contributed by atoms with E-state index in [1.54, 1.807) is 0 Å². The zero-order valence-corrected chi connectivity index (χ0v) is 16.0. The van der Waals surface area contributed by atoms with Gasteiger partial charge >= 0.3 is 0 Å². The molecule has 0 saturated carbocycles. The van der Waals surface area contributed by atoms with Crippen molar-refractivity contribution in [2.75, 3.05) is 0 Å². The molecule has 0 fully saturated rings. The predicted octanol–water partition coefficient (Wildman–Crippen LogP) is 5.05. The van der Waals surface area contributed by atoms with Crippen LogP contribution in [0.5, 0.6) is 0 Å². The molecule has 1 N–H and O–H groups in total. The van der Waals surface area contributed by atoms with Gasteiger partial charge in [-0.2, -0.15) is 0 Å². The number of fused-ring (bicyclic) bond motifs is 3. The molecule has 0 unspecified atom stereocenters. The van der Waals surface area contributed by atoms with E-state index in [4.69, 9.17) is 4.99 Å². The molecule has 3 aromatic carbocycles. The Morgan fingerprint density at radius 1 is 0.893 bits per heavy atom. The molecule has 0 spiro atoms. The third-order valence-electron chi connectivity index (χ3n) is 4.73. The van der Waals surface area contributed by atoms with Crippen LogP contribution in [0, 0.1) is 6.92 Å². The Labute approximate surface area is 165 Å². The molecule has 0 atom stereocenters. The summed E-state index contributed by atoms with van der Waals surface area (Å²) in [6, 6.07) is 25.9. The second kappa shape index (κ2) is 6.62. The molecule has 5 rings (SSSR count). The molecule has 0 bridgehead atoms. The van der Waals surface area contributed by atoms with Crippen molar-refractivity contribution in [3.8, 4) is 10.4 Å². The fourth-order valence-corrected chi connectivity index (χ4v) is 4.50. The summed E-state index contributed by atoms with van der Waals surface area (Å²) in [5.41, 5.74) is 5.31. The Kier molecular flexibility index (Phi) is 3.95. The zero-order valence-electron chi connectivity index (χ0n) is 15.2. The minimum Gasteiger partial charge on any atom is -0.319 e. The van der Waals surface area contributed by atoms with Gasteiger partial charge in [0.25, 0.3) is 5.56 Å². The topological polar surface area (TPSA) is 49.6 Å². The summed E-state index contributed by atoms with van der Waals surface area (Å²) in [7, 11) is 0. The lowest BCUT2D eigenvalue weighted by Crippen LogP contribution is -2.16. The molecular weight excluding hydrogens is 366 g/mol. The Hall–Kier alpha value is -3.44. The lowest BCUT2D eigenvalue weighted by Gasteiger charge is -2.03. The van der Waals surface area contributed by atoms with E-state index in [9.17, 15) is 4.79 Å². The van der Waals surface area contributed by atoms with Crippen LogP contribution in [0.25, 0.3) is 27.0 Å². The molecule has 2 aromatic heterocycles. The van der Waals surface area contributed by atoms with E-state index in [1.165, 1.54) is 16.9 Å². The quantitative estimate of drug-likeness (QED) is 0.456. The first-order valence-corrected chi connectivity index (χ1v) is 9.86. The van der Waals surface area contributed by atoms with E-state index >= 15 is 0 Å². The second-order valence-electron chi connectivity index (χ2n) is 6.68. The lowest BCUT2D eigenvalue weighted by molar-refractivity contribution is 1.11. The number of hydrogen-bond acceptors (Lipinski definition) is 3. The summed E-state index contributed by atoms with van der Waals surface area (Å²) in [4.78, 5) is 22.6. The Morgan fingerprint density at radius 2 is 1.61 bits per heavy atom. The molecule has 0 saturated heterocycles. The normalized spacial score (nSPS) is 12.1. The third-order valence-corrected chi connectivity index (χ3v) is 5.82. The number of aromatic amines is 1. The first-order valence-electron chi connectivity index (χ1n) is 9.04. The third kappa shape index (κ3) is 2.77. The van der Waals surface area contributed by atoms with Gasteiger partial charge in [-0.1, -0.05) is 71.5 Å². The summed E-state index contributed by atoms with van der Waals surface area (Å²) in [5.74, 6) is 0. The first-order chi connectivity index (χ1) is 13.7. The van der Waals surface area contributed by atoms with Crippen LogP contribution in [-0.2, 0) is 0 Å². The van der Waals surface area contributed by atoms with Gasteiger partial charge in [0.1, 0.15) is 5.52 Å². The Bertz CT molecular complexity index is 1420. The van der Waals surface area contributed by atoms with E-state index in [-0.39, 0.29) is 5.56 Å². The number of nitrogens with zero attached hydrogens (tertiary/aromatic N) is 2. The molecular formula is C23H17N3OS. The van der Waals surface area contributed by atoms with Crippen LogP contribution in [0.4, 0.5) is 5.69 Å². The summed E-state index contributed by atoms with van der Waals surface area (Å²) in [6.07, 6.45) is 0. The fourth-order valence-electron chi connectivity index (χ4n) is 3.35. The number of hydrogen-bond donors (Lipinski definition) is 1. The van der Waals surface area contributed by atoms with Gasteiger partial charge in [0.05, 0.1) is 21.6 Å². The van der Waals surface area contributed by atoms with Gasteiger partial charge in [0.15, 0.2) is 4.80 Å². The van der Waals surface area contributed by atoms with E-state index in [0.717, 1.165) is 32.0 Å². The highest BCUT2D eigenvalue weighted by Crippen LogP contribution is 2.28. The predicted molar refractivity (Wildman–Crippen MR) is 115 cm³/mol. The smallest absolute Gasteiger partial charge is 0.274 e. The summed E-state index contributed by atoms with van der Waals surface area (Å²) in [5, 5.41) is 0. The number of nitrogens with one attached hydrogen (secondary N) is 1. The maximum absolute atomic E-state index is 13.0. The maximum atomic E-state index is 13.0. The molecule has 0 amide bonds. The molecule has 0 aliphatic carbocycles. The number of benzene rings is 3. The van der Waals surface area contributed by atoms with Crippen molar-refractivity contribution < 1.29 is 0 Å². The SMILES string of the molecule is Cc1ccc(N=c2sc(-c3ccccc3)c3c(=O)[nH]c4ccccc4n23)cc1. The van der Waals surface area contributed by atoms with Crippen molar-refractivity contribution in [3.63, 3.8) is 0 Å². The van der Waals surface area contributed by atoms with Crippen LogP contribution < -0.4 is 10.4 Å². The van der Waals surface area contributed by atoms with E-state index in [1.807, 2.05) is 83.3 Å². The molecule has 28 heavy (non-hydrogen) atoms. The van der Waals surface area contributed by atoms with Crippen LogP contribution in [0.3, 0.4) is 0 Å². The average Bonchev–Trinajstić information content (AvgIpc) is 3.11. The molecule has 136 valence electrons. The monoisotopic (exact) mass is 383 g/mol. The molecule has 0 aliphatic heterocycles. The summed E-state index contributed by atoms with van der Waals surface area (Å²) in [6.45, 7) is 2.06. The summed E-state index contributed by atoms with van der Waals surface area (Å²) >= 11 is 1.53. The highest BCUT2D eigenvalue weighted by Gasteiger charge is 2.15. The van der Waals surface area contributed by atoms with Gasteiger partial charge in [0.2, 0.25) is 0 Å². The maximum Gasteiger partial charge on any atom is 0.274 e. The average molecular weight is 383 g/mol. The fraction of sp³-hybridized carbons (Fsp3) is 0.0435. The van der Waals surface area contributed by atoms with Crippen LogP contribution in [-0.4, -0.2) is 9.38 Å². The van der Waals surface area contributed by atoms with E-state index < -0.39 is 0 Å². The largest absolute Gasteiger partial charge is 0.319 e. The molecule has 2 heterocycles. The molecule has 5 heteroatoms. The van der Waals surface area contributed by atoms with Crippen molar-refractivity contribution in [2.24, 2.45) is 4.99 Å². The number of aromatic nitrogens is 2. The second-order valence-corrected chi connectivity index (χ2v) is 7.66. The number of para-hydroxylation sites is 2. The van der Waals surface area contributed by atoms with Gasteiger partial charge in [-0.3, -0.25) is 9.20 Å². The van der Waals surface area contributed by atoms with Crippen molar-refractivity contribution in [1.82, 2.24) is 9.38 Å². The highest BCUT2D eigenvalue weighted by molar-refractivity contribution is 7.13. The van der Waals surface area contributed by atoms with Crippen molar-refractivity contribution in [3.05, 3.63) is 99.6 Å². The standard InChI is InChI=1S/C23H17N3OS/c1-15-11-13-17(14-12-15)24-23-26-19-10-6-5-9-18(19)25-22(27)20(26)21(28-23)16-7-3-2-4-8-16/h2-14H,1H3,(H,25,27). The van der Waals surface area contributed by atoms with Crippen LogP contribution in [0.2, 0.25) is 0 Å². The van der Waals surface area contributed by atoms with E-state index in [0.29, 0.717) is 5.52 Å².